The van der Waals surface area contributed by atoms with Gasteiger partial charge in [0.05, 0.1) is 17.6 Å². The molecule has 0 aliphatic rings. The molecule has 0 spiro atoms. The summed E-state index contributed by atoms with van der Waals surface area (Å²) in [5, 5.41) is 16.3. The Hall–Kier alpha value is -4.40. The van der Waals surface area contributed by atoms with Crippen LogP contribution >= 0.6 is 23.6 Å². The van der Waals surface area contributed by atoms with Gasteiger partial charge in [-0.2, -0.15) is 0 Å². The molecule has 0 bridgehead atoms. The average molecular weight is 584 g/mol. The predicted molar refractivity (Wildman–Crippen MR) is 154 cm³/mol. The Morgan fingerprint density at radius 2 is 1.90 bits per heavy atom. The van der Waals surface area contributed by atoms with Gasteiger partial charge in [-0.05, 0) is 49.5 Å². The minimum absolute atomic E-state index is 0.00517. The number of ketones is 1. The second-order valence-corrected chi connectivity index (χ2v) is 10.9. The summed E-state index contributed by atoms with van der Waals surface area (Å²) >= 11 is 6.37. The van der Waals surface area contributed by atoms with E-state index in [0.717, 1.165) is 30.2 Å². The Morgan fingerprint density at radius 3 is 2.56 bits per heavy atom. The van der Waals surface area contributed by atoms with E-state index >= 15 is 0 Å². The predicted octanol–water partition coefficient (Wildman–Crippen LogP) is 4.21. The van der Waals surface area contributed by atoms with Crippen LogP contribution in [0.5, 0.6) is 0 Å². The first kappa shape index (κ1) is 27.6. The standard InChI is InChI=1S/C25H21N5O6S3/c1-14-20(17-5-3-4-6-19(17)28-14)21(31)18(22(32)23(33)36-2)13-27-24(37)29-15-7-9-16(10-8-15)39(34,35)30-25-26-11-12-38-25/h3-13,28,31H,1-2H3,(H,26,30)(H,29,37). The molecule has 0 radical (unpaired) electrons. The number of methoxy groups -OCH3 is 1. The summed E-state index contributed by atoms with van der Waals surface area (Å²) in [6.07, 6.45) is 2.46. The van der Waals surface area contributed by atoms with Crippen LogP contribution in [-0.2, 0) is 24.3 Å². The Bertz CT molecular complexity index is 1720. The highest BCUT2D eigenvalue weighted by Gasteiger charge is 2.25. The highest BCUT2D eigenvalue weighted by molar-refractivity contribution is 7.93. The second-order valence-electron chi connectivity index (χ2n) is 7.91. The molecule has 200 valence electrons. The molecule has 4 N–H and O–H groups in total. The van der Waals surface area contributed by atoms with Crippen LogP contribution in [-0.4, -0.2) is 53.7 Å². The van der Waals surface area contributed by atoms with Crippen LogP contribution in [0, 0.1) is 6.92 Å². The lowest BCUT2D eigenvalue weighted by atomic mass is 10.0. The van der Waals surface area contributed by atoms with Gasteiger partial charge in [0.15, 0.2) is 10.2 Å². The Morgan fingerprint density at radius 1 is 1.18 bits per heavy atom. The van der Waals surface area contributed by atoms with E-state index in [2.05, 4.69) is 29.7 Å². The van der Waals surface area contributed by atoms with Crippen LogP contribution in [0.15, 0.2) is 75.6 Å². The number of H-pyrrole nitrogens is 1. The minimum atomic E-state index is -3.83. The van der Waals surface area contributed by atoms with Gasteiger partial charge in [0, 0.05) is 45.6 Å². The number of aromatic nitrogens is 2. The highest BCUT2D eigenvalue weighted by atomic mass is 32.2. The summed E-state index contributed by atoms with van der Waals surface area (Å²) < 4.78 is 31.9. The Kier molecular flexibility index (Phi) is 8.18. The fourth-order valence-electron chi connectivity index (χ4n) is 3.59. The summed E-state index contributed by atoms with van der Waals surface area (Å²) in [6, 6.07) is 12.8. The number of carbonyl (C=O) groups is 2. The number of aryl methyl sites for hydroxylation is 1. The summed E-state index contributed by atoms with van der Waals surface area (Å²) in [4.78, 5) is 35.8. The number of hydrogen-bond donors (Lipinski definition) is 4. The lowest BCUT2D eigenvalue weighted by Gasteiger charge is -2.08. The zero-order valence-electron chi connectivity index (χ0n) is 20.5. The van der Waals surface area contributed by atoms with Crippen LogP contribution < -0.4 is 10.0 Å². The van der Waals surface area contributed by atoms with E-state index < -0.39 is 33.1 Å². The number of para-hydroxylation sites is 1. The molecule has 4 aromatic rings. The number of anilines is 2. The van der Waals surface area contributed by atoms with E-state index in [1.165, 1.54) is 30.5 Å². The van der Waals surface area contributed by atoms with Crippen molar-refractivity contribution >= 4 is 84.1 Å². The molecule has 0 saturated heterocycles. The van der Waals surface area contributed by atoms with Crippen molar-refractivity contribution in [2.75, 3.05) is 17.1 Å². The minimum Gasteiger partial charge on any atom is -0.506 e. The molecule has 0 unspecified atom stereocenters. The maximum absolute atomic E-state index is 12.8. The number of aliphatic hydroxyl groups is 1. The highest BCUT2D eigenvalue weighted by Crippen LogP contribution is 2.29. The number of rotatable bonds is 8. The molecule has 0 amide bonds. The van der Waals surface area contributed by atoms with E-state index in [0.29, 0.717) is 22.3 Å². The quantitative estimate of drug-likeness (QED) is 0.0594. The number of aliphatic imine (C=N–C) groups is 1. The van der Waals surface area contributed by atoms with Crippen LogP contribution in [0.25, 0.3) is 16.7 Å². The number of nitrogens with one attached hydrogen (secondary N) is 3. The van der Waals surface area contributed by atoms with Gasteiger partial charge < -0.3 is 20.1 Å². The smallest absolute Gasteiger partial charge is 0.379 e. The Labute approximate surface area is 232 Å². The van der Waals surface area contributed by atoms with Crippen molar-refractivity contribution in [1.29, 1.82) is 0 Å². The van der Waals surface area contributed by atoms with E-state index in [1.54, 1.807) is 30.5 Å². The molecule has 0 saturated carbocycles. The largest absolute Gasteiger partial charge is 0.506 e. The van der Waals surface area contributed by atoms with Crippen molar-refractivity contribution in [3.63, 3.8) is 0 Å². The van der Waals surface area contributed by atoms with Gasteiger partial charge in [-0.25, -0.2) is 23.2 Å². The van der Waals surface area contributed by atoms with Crippen LogP contribution in [0.1, 0.15) is 11.3 Å². The molecule has 4 rings (SSSR count). The van der Waals surface area contributed by atoms with Gasteiger partial charge in [-0.15, -0.1) is 11.3 Å². The van der Waals surface area contributed by atoms with Gasteiger partial charge in [0.25, 0.3) is 15.8 Å². The molecule has 39 heavy (non-hydrogen) atoms. The monoisotopic (exact) mass is 583 g/mol. The number of sulfonamides is 1. The maximum atomic E-state index is 12.8. The molecule has 2 aromatic carbocycles. The SMILES string of the molecule is COC(=O)C(=O)C(C=NC(=S)Nc1ccc(S(=O)(=O)Nc2nccs2)cc1)=C(O)c1c(C)[nH]c2ccccc12. The number of Topliss-reactive ketones (excluding diaryl/α,β-unsaturated/α-hetero) is 1. The molecule has 2 aromatic heterocycles. The summed E-state index contributed by atoms with van der Waals surface area (Å²) in [5.41, 5.74) is 1.60. The molecule has 11 nitrogen and oxygen atoms in total. The molecular formula is C25H21N5O6S3. The number of benzene rings is 2. The molecule has 0 atom stereocenters. The number of aliphatic hydroxyl groups excluding tert-OH is 1. The van der Waals surface area contributed by atoms with Gasteiger partial charge >= 0.3 is 5.97 Å². The fourth-order valence-corrected chi connectivity index (χ4v) is 5.55. The number of hydrogen-bond acceptors (Lipinski definition) is 9. The number of aromatic amines is 1. The van der Waals surface area contributed by atoms with E-state index in [4.69, 9.17) is 12.2 Å². The van der Waals surface area contributed by atoms with Crippen molar-refractivity contribution in [2.45, 2.75) is 11.8 Å². The Balaban J connectivity index is 1.57. The van der Waals surface area contributed by atoms with Gasteiger partial charge in [-0.3, -0.25) is 9.52 Å². The number of fused-ring (bicyclic) bond motifs is 1. The van der Waals surface area contributed by atoms with E-state index in [9.17, 15) is 23.1 Å². The third kappa shape index (κ3) is 6.19. The molecule has 2 heterocycles. The van der Waals surface area contributed by atoms with Crippen molar-refractivity contribution in [3.8, 4) is 0 Å². The van der Waals surface area contributed by atoms with Gasteiger partial charge in [0.2, 0.25) is 0 Å². The second kappa shape index (κ2) is 11.6. The number of ether oxygens (including phenoxy) is 1. The van der Waals surface area contributed by atoms with Crippen molar-refractivity contribution in [2.24, 2.45) is 4.99 Å². The fraction of sp³-hybridized carbons (Fsp3) is 0.0800. The number of thiocarbonyl (C=S) groups is 1. The summed E-state index contributed by atoms with van der Waals surface area (Å²) in [6.45, 7) is 1.71. The van der Waals surface area contributed by atoms with Gasteiger partial charge in [-0.1, -0.05) is 18.2 Å². The zero-order chi connectivity index (χ0) is 28.2. The van der Waals surface area contributed by atoms with Gasteiger partial charge in [0.1, 0.15) is 5.76 Å². The third-order valence-corrected chi connectivity index (χ3v) is 7.76. The molecule has 14 heteroatoms. The lowest BCUT2D eigenvalue weighted by molar-refractivity contribution is -0.149. The van der Waals surface area contributed by atoms with Crippen molar-refractivity contribution in [3.05, 3.63) is 76.9 Å². The molecular weight excluding hydrogens is 563 g/mol. The third-order valence-electron chi connectivity index (χ3n) is 5.38. The molecule has 0 aliphatic carbocycles. The summed E-state index contributed by atoms with van der Waals surface area (Å²) in [5.74, 6) is -2.79. The summed E-state index contributed by atoms with van der Waals surface area (Å²) in [7, 11) is -2.78. The normalized spacial score (nSPS) is 12.3. The maximum Gasteiger partial charge on any atom is 0.379 e. The molecule has 0 fully saturated rings. The zero-order valence-corrected chi connectivity index (χ0v) is 22.9. The molecule has 0 aliphatic heterocycles. The van der Waals surface area contributed by atoms with Crippen molar-refractivity contribution < 1.29 is 27.9 Å². The topological polar surface area (TPSA) is 163 Å². The first-order valence-electron chi connectivity index (χ1n) is 11.1. The van der Waals surface area contributed by atoms with Crippen LogP contribution in [0.4, 0.5) is 10.8 Å². The van der Waals surface area contributed by atoms with Crippen LogP contribution in [0.2, 0.25) is 0 Å². The van der Waals surface area contributed by atoms with E-state index in [-0.39, 0.29) is 15.1 Å². The first-order valence-corrected chi connectivity index (χ1v) is 13.9. The lowest BCUT2D eigenvalue weighted by Crippen LogP contribution is -2.20. The number of thiazole rings is 1. The first-order chi connectivity index (χ1) is 18.6. The number of esters is 1. The van der Waals surface area contributed by atoms with Crippen molar-refractivity contribution in [1.82, 2.24) is 9.97 Å². The average Bonchev–Trinajstić information content (AvgIpc) is 3.54. The number of carbonyl (C=O) groups excluding carboxylic acids is 2. The number of nitrogens with zero attached hydrogens (tertiary/aromatic N) is 2. The van der Waals surface area contributed by atoms with Crippen LogP contribution in [0.3, 0.4) is 0 Å². The van der Waals surface area contributed by atoms with E-state index in [1.807, 2.05) is 6.07 Å².